The minimum atomic E-state index is -1.13. The molecule has 0 atom stereocenters. The van der Waals surface area contributed by atoms with Gasteiger partial charge in [0.15, 0.2) is 0 Å². The fourth-order valence-electron chi connectivity index (χ4n) is 0.993. The molecule has 0 fully saturated rings. The zero-order valence-electron chi connectivity index (χ0n) is 5.78. The monoisotopic (exact) mass is 156 g/mol. The molecule has 1 heterocycles. The van der Waals surface area contributed by atoms with Crippen LogP contribution in [0.5, 0.6) is 0 Å². The van der Waals surface area contributed by atoms with E-state index in [9.17, 15) is 9.59 Å². The van der Waals surface area contributed by atoms with Crippen molar-refractivity contribution in [3.05, 3.63) is 11.8 Å². The van der Waals surface area contributed by atoms with Crippen LogP contribution in [-0.2, 0) is 4.79 Å². The average Bonchev–Trinajstić information content (AvgIpc) is 2.32. The molecule has 0 saturated carbocycles. The largest absolute Gasteiger partial charge is 0.465 e. The van der Waals surface area contributed by atoms with Gasteiger partial charge in [-0.15, -0.1) is 0 Å². The van der Waals surface area contributed by atoms with Crippen LogP contribution in [0.3, 0.4) is 0 Å². The molecule has 0 aliphatic carbocycles. The lowest BCUT2D eigenvalue weighted by atomic mass is 10.4. The maximum atomic E-state index is 10.6. The standard InChI is InChI=1S/C6H8N2O3/c7-5(9)4-2-1-3-8(4)6(10)11/h2H,1,3H2,(H2,7,9)(H,10,11). The number of carbonyl (C=O) groups is 2. The summed E-state index contributed by atoms with van der Waals surface area (Å²) >= 11 is 0. The Morgan fingerprint density at radius 1 is 1.64 bits per heavy atom. The number of nitrogens with two attached hydrogens (primary N) is 1. The van der Waals surface area contributed by atoms with E-state index in [1.54, 1.807) is 0 Å². The van der Waals surface area contributed by atoms with E-state index < -0.39 is 12.0 Å². The normalized spacial score (nSPS) is 16.4. The topological polar surface area (TPSA) is 83.6 Å². The third-order valence-corrected chi connectivity index (χ3v) is 1.46. The minimum Gasteiger partial charge on any atom is -0.465 e. The Balaban J connectivity index is 2.79. The van der Waals surface area contributed by atoms with E-state index in [2.05, 4.69) is 0 Å². The molecule has 3 N–H and O–H groups in total. The molecule has 0 saturated heterocycles. The van der Waals surface area contributed by atoms with Crippen LogP contribution in [0.4, 0.5) is 4.79 Å². The smallest absolute Gasteiger partial charge is 0.411 e. The summed E-state index contributed by atoms with van der Waals surface area (Å²) in [6.07, 6.45) is 0.952. The van der Waals surface area contributed by atoms with Gasteiger partial charge in [0.25, 0.3) is 5.91 Å². The molecule has 0 radical (unpaired) electrons. The van der Waals surface area contributed by atoms with Gasteiger partial charge in [-0.05, 0) is 6.42 Å². The first-order valence-corrected chi connectivity index (χ1v) is 3.13. The van der Waals surface area contributed by atoms with Crippen molar-refractivity contribution < 1.29 is 14.7 Å². The van der Waals surface area contributed by atoms with Crippen LogP contribution in [0, 0.1) is 0 Å². The molecule has 0 unspecified atom stereocenters. The highest BCUT2D eigenvalue weighted by molar-refractivity contribution is 5.95. The van der Waals surface area contributed by atoms with Gasteiger partial charge in [0.2, 0.25) is 0 Å². The number of amides is 2. The fraction of sp³-hybridized carbons (Fsp3) is 0.333. The van der Waals surface area contributed by atoms with Crippen LogP contribution >= 0.6 is 0 Å². The first-order chi connectivity index (χ1) is 5.13. The molecule has 0 bridgehead atoms. The molecular formula is C6H8N2O3. The van der Waals surface area contributed by atoms with Crippen molar-refractivity contribution >= 4 is 12.0 Å². The lowest BCUT2D eigenvalue weighted by Crippen LogP contribution is -2.32. The second-order valence-corrected chi connectivity index (χ2v) is 2.18. The van der Waals surface area contributed by atoms with E-state index in [1.165, 1.54) is 6.08 Å². The second kappa shape index (κ2) is 2.61. The molecular weight excluding hydrogens is 148 g/mol. The van der Waals surface area contributed by atoms with Crippen molar-refractivity contribution in [1.29, 1.82) is 0 Å². The van der Waals surface area contributed by atoms with Gasteiger partial charge in [0.1, 0.15) is 5.70 Å². The first-order valence-electron chi connectivity index (χ1n) is 3.13. The molecule has 0 aromatic carbocycles. The molecule has 0 aromatic heterocycles. The third kappa shape index (κ3) is 1.31. The number of nitrogens with zero attached hydrogens (tertiary/aromatic N) is 1. The molecule has 5 nitrogen and oxygen atoms in total. The molecule has 60 valence electrons. The van der Waals surface area contributed by atoms with Crippen LogP contribution in [0.25, 0.3) is 0 Å². The number of hydrogen-bond donors (Lipinski definition) is 2. The van der Waals surface area contributed by atoms with E-state index in [0.29, 0.717) is 13.0 Å². The average molecular weight is 156 g/mol. The van der Waals surface area contributed by atoms with Gasteiger partial charge in [-0.2, -0.15) is 0 Å². The number of hydrogen-bond acceptors (Lipinski definition) is 2. The predicted octanol–water partition coefficient (Wildman–Crippen LogP) is -0.261. The molecule has 0 aromatic rings. The number of primary amides is 1. The van der Waals surface area contributed by atoms with Crippen LogP contribution in [0.2, 0.25) is 0 Å². The Labute approximate surface area is 63.1 Å². The Hall–Kier alpha value is -1.52. The van der Waals surface area contributed by atoms with Gasteiger partial charge in [-0.1, -0.05) is 6.08 Å². The molecule has 11 heavy (non-hydrogen) atoms. The van der Waals surface area contributed by atoms with Crippen molar-refractivity contribution in [2.45, 2.75) is 6.42 Å². The first kappa shape index (κ1) is 7.59. The lowest BCUT2D eigenvalue weighted by molar-refractivity contribution is -0.115. The van der Waals surface area contributed by atoms with Gasteiger partial charge in [0, 0.05) is 6.54 Å². The minimum absolute atomic E-state index is 0.0810. The summed E-state index contributed by atoms with van der Waals surface area (Å²) < 4.78 is 0. The molecule has 1 rings (SSSR count). The van der Waals surface area contributed by atoms with E-state index in [0.717, 1.165) is 4.90 Å². The van der Waals surface area contributed by atoms with Crippen LogP contribution in [0.1, 0.15) is 6.42 Å². The summed E-state index contributed by atoms with van der Waals surface area (Å²) in [6.45, 7) is 0.327. The van der Waals surface area contributed by atoms with Crippen molar-refractivity contribution in [2.24, 2.45) is 5.73 Å². The van der Waals surface area contributed by atoms with Crippen LogP contribution in [0.15, 0.2) is 11.8 Å². The summed E-state index contributed by atoms with van der Waals surface area (Å²) in [7, 11) is 0. The van der Waals surface area contributed by atoms with Gasteiger partial charge >= 0.3 is 6.09 Å². The summed E-state index contributed by atoms with van der Waals surface area (Å²) in [5.74, 6) is -0.690. The lowest BCUT2D eigenvalue weighted by Gasteiger charge is -2.12. The van der Waals surface area contributed by atoms with E-state index in [-0.39, 0.29) is 5.70 Å². The highest BCUT2D eigenvalue weighted by Crippen LogP contribution is 2.13. The highest BCUT2D eigenvalue weighted by atomic mass is 16.4. The van der Waals surface area contributed by atoms with Crippen LogP contribution < -0.4 is 5.73 Å². The van der Waals surface area contributed by atoms with Gasteiger partial charge in [-0.3, -0.25) is 9.69 Å². The molecule has 1 aliphatic heterocycles. The van der Waals surface area contributed by atoms with Gasteiger partial charge in [-0.25, -0.2) is 4.79 Å². The summed E-state index contributed by atoms with van der Waals surface area (Å²) in [5, 5.41) is 8.51. The second-order valence-electron chi connectivity index (χ2n) is 2.18. The molecule has 5 heteroatoms. The summed E-state index contributed by atoms with van der Waals surface area (Å²) in [4.78, 5) is 21.9. The van der Waals surface area contributed by atoms with Crippen molar-refractivity contribution in [2.75, 3.05) is 6.54 Å². The Morgan fingerprint density at radius 2 is 2.27 bits per heavy atom. The maximum Gasteiger partial charge on any atom is 0.411 e. The quantitative estimate of drug-likeness (QED) is 0.548. The van der Waals surface area contributed by atoms with Crippen molar-refractivity contribution in [3.8, 4) is 0 Å². The van der Waals surface area contributed by atoms with E-state index in [4.69, 9.17) is 10.8 Å². The summed E-state index contributed by atoms with van der Waals surface area (Å²) in [5.41, 5.74) is 4.99. The Morgan fingerprint density at radius 3 is 2.64 bits per heavy atom. The number of carbonyl (C=O) groups excluding carboxylic acids is 1. The Kier molecular flexibility index (Phi) is 1.80. The number of carboxylic acid groups (broad SMARTS) is 1. The molecule has 2 amide bonds. The zero-order valence-corrected chi connectivity index (χ0v) is 5.78. The van der Waals surface area contributed by atoms with Crippen molar-refractivity contribution in [3.63, 3.8) is 0 Å². The van der Waals surface area contributed by atoms with E-state index in [1.807, 2.05) is 0 Å². The molecule has 0 spiro atoms. The van der Waals surface area contributed by atoms with Crippen LogP contribution in [-0.4, -0.2) is 28.6 Å². The highest BCUT2D eigenvalue weighted by Gasteiger charge is 2.24. The Bertz CT molecular complexity index is 234. The fourth-order valence-corrected chi connectivity index (χ4v) is 0.993. The van der Waals surface area contributed by atoms with Gasteiger partial charge in [0.05, 0.1) is 0 Å². The molecule has 1 aliphatic rings. The summed E-state index contributed by atoms with van der Waals surface area (Å²) in [6, 6.07) is 0. The van der Waals surface area contributed by atoms with Gasteiger partial charge < -0.3 is 10.8 Å². The SMILES string of the molecule is NC(=O)C1=CCCN1C(=O)O. The predicted molar refractivity (Wildman–Crippen MR) is 36.6 cm³/mol. The number of rotatable bonds is 1. The van der Waals surface area contributed by atoms with Crippen molar-refractivity contribution in [1.82, 2.24) is 4.90 Å². The zero-order chi connectivity index (χ0) is 8.43. The third-order valence-electron chi connectivity index (χ3n) is 1.46. The maximum absolute atomic E-state index is 10.6. The van der Waals surface area contributed by atoms with E-state index >= 15 is 0 Å².